The van der Waals surface area contributed by atoms with Crippen molar-refractivity contribution in [2.45, 2.75) is 0 Å². The topological polar surface area (TPSA) is 58.9 Å². The Balaban J connectivity index is 2.10. The molecule has 0 atom stereocenters. The molecule has 1 heterocycles. The summed E-state index contributed by atoms with van der Waals surface area (Å²) in [5, 5.41) is 11.6. The first kappa shape index (κ1) is 12.6. The van der Waals surface area contributed by atoms with Crippen molar-refractivity contribution in [3.05, 3.63) is 63.4 Å². The summed E-state index contributed by atoms with van der Waals surface area (Å²) in [6, 6.07) is 10.5. The Kier molecular flexibility index (Phi) is 2.91. The molecule has 2 aromatic carbocycles. The van der Waals surface area contributed by atoms with Crippen molar-refractivity contribution in [2.24, 2.45) is 0 Å². The molecule has 3 rings (SSSR count). The molecule has 6 heteroatoms. The van der Waals surface area contributed by atoms with E-state index in [0.29, 0.717) is 15.9 Å². The minimum absolute atomic E-state index is 0.0222. The number of non-ortho nitro benzene ring substituents is 1. The van der Waals surface area contributed by atoms with Gasteiger partial charge < -0.3 is 4.98 Å². The number of fused-ring (bicyclic) bond motifs is 1. The molecule has 0 fully saturated rings. The number of nitro benzene ring substituents is 1. The maximum absolute atomic E-state index is 13.3. The number of rotatable bonds is 2. The molecule has 20 heavy (non-hydrogen) atoms. The molecule has 0 bridgehead atoms. The summed E-state index contributed by atoms with van der Waals surface area (Å²) in [7, 11) is 0. The molecule has 1 N–H and O–H groups in total. The minimum atomic E-state index is -0.457. The summed E-state index contributed by atoms with van der Waals surface area (Å²) < 4.78 is 13.3. The molecule has 100 valence electrons. The second-order valence-corrected chi connectivity index (χ2v) is 4.75. The van der Waals surface area contributed by atoms with Crippen LogP contribution in [0.2, 0.25) is 5.02 Å². The highest BCUT2D eigenvalue weighted by Crippen LogP contribution is 2.30. The van der Waals surface area contributed by atoms with Gasteiger partial charge in [-0.3, -0.25) is 10.1 Å². The SMILES string of the molecule is O=[N+]([O-])c1ccc(-c2cc3cc(F)cc(Cl)c3[nH]2)cc1. The lowest BCUT2D eigenvalue weighted by atomic mass is 10.1. The Morgan fingerprint density at radius 2 is 1.85 bits per heavy atom. The first-order valence-corrected chi connectivity index (χ1v) is 6.15. The third-order valence-electron chi connectivity index (χ3n) is 3.03. The van der Waals surface area contributed by atoms with Gasteiger partial charge in [0.05, 0.1) is 15.5 Å². The van der Waals surface area contributed by atoms with Gasteiger partial charge in [0.2, 0.25) is 0 Å². The van der Waals surface area contributed by atoms with Crippen LogP contribution in [0.1, 0.15) is 0 Å². The van der Waals surface area contributed by atoms with E-state index in [0.717, 1.165) is 11.3 Å². The molecule has 0 amide bonds. The van der Waals surface area contributed by atoms with Gasteiger partial charge >= 0.3 is 0 Å². The van der Waals surface area contributed by atoms with Crippen LogP contribution in [-0.2, 0) is 0 Å². The molecular weight excluding hydrogens is 283 g/mol. The van der Waals surface area contributed by atoms with Gasteiger partial charge in [-0.15, -0.1) is 0 Å². The zero-order valence-corrected chi connectivity index (χ0v) is 10.8. The van der Waals surface area contributed by atoms with Crippen molar-refractivity contribution in [2.75, 3.05) is 0 Å². The molecule has 1 aromatic heterocycles. The number of nitrogens with zero attached hydrogens (tertiary/aromatic N) is 1. The number of H-pyrrole nitrogens is 1. The van der Waals surface area contributed by atoms with Crippen molar-refractivity contribution in [1.29, 1.82) is 0 Å². The Bertz CT molecular complexity index is 812. The van der Waals surface area contributed by atoms with Gasteiger partial charge in [0.1, 0.15) is 5.82 Å². The van der Waals surface area contributed by atoms with Crippen LogP contribution in [0.25, 0.3) is 22.2 Å². The first-order chi connectivity index (χ1) is 9.54. The number of nitrogens with one attached hydrogen (secondary N) is 1. The lowest BCUT2D eigenvalue weighted by Gasteiger charge is -1.97. The van der Waals surface area contributed by atoms with Gasteiger partial charge in [-0.1, -0.05) is 11.6 Å². The predicted molar refractivity (Wildman–Crippen MR) is 75.4 cm³/mol. The van der Waals surface area contributed by atoms with Gasteiger partial charge in [0, 0.05) is 23.2 Å². The lowest BCUT2D eigenvalue weighted by Crippen LogP contribution is -1.87. The number of aromatic amines is 1. The zero-order chi connectivity index (χ0) is 14.3. The van der Waals surface area contributed by atoms with Crippen molar-refractivity contribution >= 4 is 28.2 Å². The molecule has 0 aliphatic carbocycles. The number of hydrogen-bond donors (Lipinski definition) is 1. The molecular formula is C14H8ClFN2O2. The van der Waals surface area contributed by atoms with Crippen LogP contribution in [0.4, 0.5) is 10.1 Å². The summed E-state index contributed by atoms with van der Waals surface area (Å²) in [6.07, 6.45) is 0. The second-order valence-electron chi connectivity index (χ2n) is 4.34. The Morgan fingerprint density at radius 3 is 2.50 bits per heavy atom. The molecule has 0 unspecified atom stereocenters. The normalized spacial score (nSPS) is 10.9. The molecule has 3 aromatic rings. The fourth-order valence-corrected chi connectivity index (χ4v) is 2.34. The number of nitro groups is 1. The van der Waals surface area contributed by atoms with Crippen LogP contribution in [0.5, 0.6) is 0 Å². The van der Waals surface area contributed by atoms with Crippen molar-refractivity contribution in [3.8, 4) is 11.3 Å². The smallest absolute Gasteiger partial charge is 0.269 e. The highest BCUT2D eigenvalue weighted by Gasteiger charge is 2.10. The largest absolute Gasteiger partial charge is 0.353 e. The average molecular weight is 291 g/mol. The van der Waals surface area contributed by atoms with E-state index < -0.39 is 10.7 Å². The van der Waals surface area contributed by atoms with Gasteiger partial charge in [0.25, 0.3) is 5.69 Å². The third kappa shape index (κ3) is 2.12. The van der Waals surface area contributed by atoms with E-state index in [1.165, 1.54) is 24.3 Å². The van der Waals surface area contributed by atoms with E-state index in [1.54, 1.807) is 18.2 Å². The maximum Gasteiger partial charge on any atom is 0.269 e. The van der Waals surface area contributed by atoms with Gasteiger partial charge in [0.15, 0.2) is 0 Å². The van der Waals surface area contributed by atoms with Crippen LogP contribution < -0.4 is 0 Å². The van der Waals surface area contributed by atoms with E-state index in [9.17, 15) is 14.5 Å². The van der Waals surface area contributed by atoms with Gasteiger partial charge in [-0.05, 0) is 35.9 Å². The van der Waals surface area contributed by atoms with E-state index in [2.05, 4.69) is 4.98 Å². The van der Waals surface area contributed by atoms with Gasteiger partial charge in [-0.25, -0.2) is 4.39 Å². The summed E-state index contributed by atoms with van der Waals surface area (Å²) in [5.74, 6) is -0.406. The highest BCUT2D eigenvalue weighted by atomic mass is 35.5. The second kappa shape index (κ2) is 4.61. The molecule has 4 nitrogen and oxygen atoms in total. The molecule has 0 radical (unpaired) electrons. The fraction of sp³-hybridized carbons (Fsp3) is 0. The maximum atomic E-state index is 13.3. The summed E-state index contributed by atoms with van der Waals surface area (Å²) in [6.45, 7) is 0. The van der Waals surface area contributed by atoms with E-state index in [1.807, 2.05) is 0 Å². The fourth-order valence-electron chi connectivity index (χ4n) is 2.08. The van der Waals surface area contributed by atoms with Crippen molar-refractivity contribution in [3.63, 3.8) is 0 Å². The quantitative estimate of drug-likeness (QED) is 0.556. The van der Waals surface area contributed by atoms with Crippen LogP contribution in [0.15, 0.2) is 42.5 Å². The lowest BCUT2D eigenvalue weighted by molar-refractivity contribution is -0.384. The molecule has 0 aliphatic rings. The van der Waals surface area contributed by atoms with Crippen LogP contribution in [0.3, 0.4) is 0 Å². The van der Waals surface area contributed by atoms with Crippen LogP contribution in [-0.4, -0.2) is 9.91 Å². The summed E-state index contributed by atoms with van der Waals surface area (Å²) in [4.78, 5) is 13.2. The van der Waals surface area contributed by atoms with Gasteiger partial charge in [-0.2, -0.15) is 0 Å². The number of aromatic nitrogens is 1. The zero-order valence-electron chi connectivity index (χ0n) is 10.1. The molecule has 0 spiro atoms. The van der Waals surface area contributed by atoms with E-state index in [4.69, 9.17) is 11.6 Å². The van der Waals surface area contributed by atoms with Crippen LogP contribution >= 0.6 is 11.6 Å². The number of hydrogen-bond acceptors (Lipinski definition) is 2. The molecule has 0 aliphatic heterocycles. The number of halogens is 2. The highest BCUT2D eigenvalue weighted by molar-refractivity contribution is 6.35. The number of benzene rings is 2. The third-order valence-corrected chi connectivity index (χ3v) is 3.33. The predicted octanol–water partition coefficient (Wildman–Crippen LogP) is 4.54. The monoisotopic (exact) mass is 290 g/mol. The van der Waals surface area contributed by atoms with Crippen LogP contribution in [0, 0.1) is 15.9 Å². The minimum Gasteiger partial charge on any atom is -0.353 e. The summed E-state index contributed by atoms with van der Waals surface area (Å²) >= 11 is 5.97. The van der Waals surface area contributed by atoms with Crippen molar-refractivity contribution < 1.29 is 9.31 Å². The standard InChI is InChI=1S/C14H8ClFN2O2/c15-12-7-10(16)5-9-6-13(17-14(9)12)8-1-3-11(4-2-8)18(19)20/h1-7,17H. The summed E-state index contributed by atoms with van der Waals surface area (Å²) in [5.41, 5.74) is 2.15. The first-order valence-electron chi connectivity index (χ1n) is 5.77. The Morgan fingerprint density at radius 1 is 1.15 bits per heavy atom. The van der Waals surface area contributed by atoms with Crippen molar-refractivity contribution in [1.82, 2.24) is 4.98 Å². The van der Waals surface area contributed by atoms with E-state index in [-0.39, 0.29) is 5.69 Å². The average Bonchev–Trinajstić information content (AvgIpc) is 2.83. The van der Waals surface area contributed by atoms with E-state index >= 15 is 0 Å². The molecule has 0 saturated carbocycles. The molecule has 0 saturated heterocycles. The Hall–Kier alpha value is -2.40. The Labute approximate surface area is 118 Å².